The normalized spacial score (nSPS) is 26.5. The van der Waals surface area contributed by atoms with Crippen LogP contribution < -0.4 is 10.6 Å². The molecule has 1 aliphatic heterocycles. The fourth-order valence-corrected chi connectivity index (χ4v) is 3.33. The molecule has 18 heavy (non-hydrogen) atoms. The predicted octanol–water partition coefficient (Wildman–Crippen LogP) is 2.38. The van der Waals surface area contributed by atoms with E-state index in [0.29, 0.717) is 12.0 Å². The van der Waals surface area contributed by atoms with Crippen LogP contribution in [0.4, 0.5) is 5.82 Å². The van der Waals surface area contributed by atoms with E-state index >= 15 is 0 Å². The molecule has 3 rings (SSSR count). The number of piperidine rings is 1. The molecule has 4 nitrogen and oxygen atoms in total. The summed E-state index contributed by atoms with van der Waals surface area (Å²) in [5.74, 6) is 1.81. The molecule has 0 amide bonds. The number of nitrogens with two attached hydrogens (primary N) is 1. The van der Waals surface area contributed by atoms with Gasteiger partial charge in [0.2, 0.25) is 0 Å². The van der Waals surface area contributed by atoms with Gasteiger partial charge < -0.3 is 10.6 Å². The van der Waals surface area contributed by atoms with E-state index in [1.54, 1.807) is 0 Å². The minimum Gasteiger partial charge on any atom is -0.354 e. The quantitative estimate of drug-likeness (QED) is 0.845. The molecule has 1 saturated heterocycles. The van der Waals surface area contributed by atoms with Crippen LogP contribution in [0.25, 0.3) is 0 Å². The highest BCUT2D eigenvalue weighted by atomic mass is 15.3. The summed E-state index contributed by atoms with van der Waals surface area (Å²) in [7, 11) is 0. The molecule has 0 aromatic carbocycles. The van der Waals surface area contributed by atoms with Crippen LogP contribution in [-0.4, -0.2) is 29.3 Å². The van der Waals surface area contributed by atoms with E-state index in [2.05, 4.69) is 21.2 Å². The molecule has 2 aliphatic rings. The first kappa shape index (κ1) is 12.0. The topological polar surface area (TPSA) is 57.9 Å². The number of H-pyrrole nitrogens is 1. The summed E-state index contributed by atoms with van der Waals surface area (Å²) in [6.07, 6.45) is 9.12. The van der Waals surface area contributed by atoms with Gasteiger partial charge in [-0.15, -0.1) is 0 Å². The van der Waals surface area contributed by atoms with Crippen molar-refractivity contribution in [2.24, 2.45) is 5.73 Å². The van der Waals surface area contributed by atoms with Crippen LogP contribution in [0.15, 0.2) is 6.07 Å². The van der Waals surface area contributed by atoms with Crippen molar-refractivity contribution in [3.8, 4) is 0 Å². The third-order valence-electron chi connectivity index (χ3n) is 4.41. The summed E-state index contributed by atoms with van der Waals surface area (Å²) in [6.45, 7) is 2.05. The van der Waals surface area contributed by atoms with Gasteiger partial charge in [-0.3, -0.25) is 5.10 Å². The lowest BCUT2D eigenvalue weighted by Gasteiger charge is -2.30. The molecule has 1 aromatic rings. The van der Waals surface area contributed by atoms with Crippen LogP contribution in [0.2, 0.25) is 0 Å². The Hall–Kier alpha value is -1.03. The summed E-state index contributed by atoms with van der Waals surface area (Å²) in [4.78, 5) is 2.33. The summed E-state index contributed by atoms with van der Waals surface area (Å²) in [5.41, 5.74) is 7.37. The maximum absolute atomic E-state index is 6.03. The first-order chi connectivity index (χ1) is 8.83. The van der Waals surface area contributed by atoms with Gasteiger partial charge in [0.25, 0.3) is 0 Å². The molecule has 0 bridgehead atoms. The van der Waals surface area contributed by atoms with E-state index in [1.807, 2.05) is 0 Å². The highest BCUT2D eigenvalue weighted by molar-refractivity contribution is 5.41. The van der Waals surface area contributed by atoms with Crippen molar-refractivity contribution in [1.82, 2.24) is 10.2 Å². The van der Waals surface area contributed by atoms with E-state index in [-0.39, 0.29) is 0 Å². The van der Waals surface area contributed by atoms with Gasteiger partial charge in [0.05, 0.1) is 0 Å². The van der Waals surface area contributed by atoms with Crippen molar-refractivity contribution in [3.63, 3.8) is 0 Å². The standard InChI is InChI=1S/C14H24N4/c15-12-7-4-8-18(10-12)14-9-13(16-17-14)11-5-2-1-3-6-11/h9,11-12H,1-8,10,15H2,(H,16,17). The fraction of sp³-hybridized carbons (Fsp3) is 0.786. The summed E-state index contributed by atoms with van der Waals surface area (Å²) >= 11 is 0. The molecule has 1 atom stereocenters. The minimum atomic E-state index is 0.314. The summed E-state index contributed by atoms with van der Waals surface area (Å²) in [5, 5.41) is 7.75. The van der Waals surface area contributed by atoms with E-state index in [1.165, 1.54) is 44.2 Å². The summed E-state index contributed by atoms with van der Waals surface area (Å²) in [6, 6.07) is 2.57. The SMILES string of the molecule is NC1CCCN(c2cc(C3CCCCC3)[nH]n2)C1. The van der Waals surface area contributed by atoms with Crippen LogP contribution >= 0.6 is 0 Å². The zero-order valence-electron chi connectivity index (χ0n) is 11.1. The van der Waals surface area contributed by atoms with E-state index < -0.39 is 0 Å². The van der Waals surface area contributed by atoms with Crippen LogP contribution in [0.1, 0.15) is 56.6 Å². The smallest absolute Gasteiger partial charge is 0.150 e. The average Bonchev–Trinajstić information content (AvgIpc) is 2.89. The highest BCUT2D eigenvalue weighted by Gasteiger charge is 2.22. The fourth-order valence-electron chi connectivity index (χ4n) is 3.33. The molecule has 1 unspecified atom stereocenters. The number of aromatic nitrogens is 2. The number of nitrogens with one attached hydrogen (secondary N) is 1. The molecule has 100 valence electrons. The van der Waals surface area contributed by atoms with Crippen molar-refractivity contribution < 1.29 is 0 Å². The van der Waals surface area contributed by atoms with Gasteiger partial charge in [-0.1, -0.05) is 19.3 Å². The van der Waals surface area contributed by atoms with Crippen molar-refractivity contribution in [3.05, 3.63) is 11.8 Å². The first-order valence-electron chi connectivity index (χ1n) is 7.39. The van der Waals surface area contributed by atoms with Crippen LogP contribution in [0.5, 0.6) is 0 Å². The molecule has 1 saturated carbocycles. The third kappa shape index (κ3) is 2.53. The Labute approximate surface area is 109 Å². The lowest BCUT2D eigenvalue weighted by Crippen LogP contribution is -2.43. The number of nitrogens with zero attached hydrogens (tertiary/aromatic N) is 2. The van der Waals surface area contributed by atoms with Crippen LogP contribution in [-0.2, 0) is 0 Å². The first-order valence-corrected chi connectivity index (χ1v) is 7.39. The average molecular weight is 248 g/mol. The Morgan fingerprint density at radius 1 is 1.17 bits per heavy atom. The van der Waals surface area contributed by atoms with E-state index in [4.69, 9.17) is 5.73 Å². The minimum absolute atomic E-state index is 0.314. The Bertz CT molecular complexity index is 381. The van der Waals surface area contributed by atoms with Gasteiger partial charge in [0.1, 0.15) is 0 Å². The number of anilines is 1. The zero-order chi connectivity index (χ0) is 12.4. The molecule has 3 N–H and O–H groups in total. The summed E-state index contributed by atoms with van der Waals surface area (Å²) < 4.78 is 0. The second kappa shape index (κ2) is 5.31. The monoisotopic (exact) mass is 248 g/mol. The van der Waals surface area contributed by atoms with Gasteiger partial charge in [0.15, 0.2) is 5.82 Å². The molecular weight excluding hydrogens is 224 g/mol. The molecule has 0 spiro atoms. The highest BCUT2D eigenvalue weighted by Crippen LogP contribution is 2.33. The second-order valence-corrected chi connectivity index (χ2v) is 5.86. The molecule has 2 fully saturated rings. The molecular formula is C14H24N4. The van der Waals surface area contributed by atoms with Crippen molar-refractivity contribution in [2.45, 2.75) is 56.9 Å². The van der Waals surface area contributed by atoms with Crippen molar-refractivity contribution in [2.75, 3.05) is 18.0 Å². The predicted molar refractivity (Wildman–Crippen MR) is 73.8 cm³/mol. The van der Waals surface area contributed by atoms with Gasteiger partial charge in [0, 0.05) is 36.8 Å². The van der Waals surface area contributed by atoms with Gasteiger partial charge in [-0.2, -0.15) is 5.10 Å². The van der Waals surface area contributed by atoms with Gasteiger partial charge in [-0.25, -0.2) is 0 Å². The number of aromatic amines is 1. The number of hydrogen-bond acceptors (Lipinski definition) is 3. The Morgan fingerprint density at radius 2 is 2.00 bits per heavy atom. The molecule has 0 radical (unpaired) electrons. The van der Waals surface area contributed by atoms with E-state index in [9.17, 15) is 0 Å². The largest absolute Gasteiger partial charge is 0.354 e. The molecule has 4 heteroatoms. The number of rotatable bonds is 2. The zero-order valence-corrected chi connectivity index (χ0v) is 11.1. The van der Waals surface area contributed by atoms with Crippen LogP contribution in [0, 0.1) is 0 Å². The van der Waals surface area contributed by atoms with E-state index in [0.717, 1.165) is 25.3 Å². The molecule has 1 aliphatic carbocycles. The molecule has 1 aromatic heterocycles. The van der Waals surface area contributed by atoms with Gasteiger partial charge in [-0.05, 0) is 25.7 Å². The Balaban J connectivity index is 1.68. The van der Waals surface area contributed by atoms with Crippen molar-refractivity contribution in [1.29, 1.82) is 0 Å². The lowest BCUT2D eigenvalue weighted by atomic mass is 9.87. The molecule has 2 heterocycles. The maximum atomic E-state index is 6.03. The second-order valence-electron chi connectivity index (χ2n) is 5.86. The Morgan fingerprint density at radius 3 is 2.78 bits per heavy atom. The lowest BCUT2D eigenvalue weighted by molar-refractivity contribution is 0.436. The van der Waals surface area contributed by atoms with Crippen molar-refractivity contribution >= 4 is 5.82 Å². The van der Waals surface area contributed by atoms with Crippen LogP contribution in [0.3, 0.4) is 0 Å². The number of hydrogen-bond donors (Lipinski definition) is 2. The third-order valence-corrected chi connectivity index (χ3v) is 4.41. The Kier molecular flexibility index (Phi) is 3.55. The van der Waals surface area contributed by atoms with Gasteiger partial charge >= 0.3 is 0 Å². The maximum Gasteiger partial charge on any atom is 0.150 e.